The Bertz CT molecular complexity index is 822. The highest BCUT2D eigenvalue weighted by Gasteiger charge is 2.07. The first-order valence-electron chi connectivity index (χ1n) is 8.61. The largest absolute Gasteiger partial charge is 0.493 e. The Morgan fingerprint density at radius 1 is 1.16 bits per heavy atom. The lowest BCUT2D eigenvalue weighted by molar-refractivity contribution is 0.306. The van der Waals surface area contributed by atoms with Gasteiger partial charge in [-0.1, -0.05) is 17.3 Å². The first-order valence-corrected chi connectivity index (χ1v) is 8.61. The standard InChI is InChI=1S/C19H24N4O2/c1-14-12-20-23(13-14)10-9-19-21-18(22-25-19)8-5-11-24-17-7-4-6-15(2)16(17)3/h4,6-7,12-13H,5,8-11H2,1-3H3. The third kappa shape index (κ3) is 4.68. The van der Waals surface area contributed by atoms with Crippen LogP contribution in [0.4, 0.5) is 0 Å². The van der Waals surface area contributed by atoms with Gasteiger partial charge in [-0.25, -0.2) is 0 Å². The Kier molecular flexibility index (Phi) is 5.48. The molecule has 0 N–H and O–H groups in total. The van der Waals surface area contributed by atoms with E-state index in [1.54, 1.807) is 0 Å². The van der Waals surface area contributed by atoms with Crippen LogP contribution in [-0.2, 0) is 19.4 Å². The molecule has 0 aliphatic carbocycles. The van der Waals surface area contributed by atoms with Crippen LogP contribution in [0, 0.1) is 20.8 Å². The van der Waals surface area contributed by atoms with Crippen LogP contribution in [0.5, 0.6) is 5.75 Å². The molecule has 0 atom stereocenters. The highest BCUT2D eigenvalue weighted by atomic mass is 16.5. The van der Waals surface area contributed by atoms with Crippen molar-refractivity contribution in [1.82, 2.24) is 19.9 Å². The van der Waals surface area contributed by atoms with Gasteiger partial charge in [-0.2, -0.15) is 10.1 Å². The topological polar surface area (TPSA) is 66.0 Å². The van der Waals surface area contributed by atoms with Gasteiger partial charge < -0.3 is 9.26 Å². The summed E-state index contributed by atoms with van der Waals surface area (Å²) in [7, 11) is 0. The van der Waals surface area contributed by atoms with Crippen molar-refractivity contribution < 1.29 is 9.26 Å². The Labute approximate surface area is 147 Å². The molecule has 0 radical (unpaired) electrons. The number of nitrogens with zero attached hydrogens (tertiary/aromatic N) is 4. The average molecular weight is 340 g/mol. The molecule has 3 aromatic rings. The summed E-state index contributed by atoms with van der Waals surface area (Å²) in [6.07, 6.45) is 6.13. The summed E-state index contributed by atoms with van der Waals surface area (Å²) in [6, 6.07) is 6.11. The van der Waals surface area contributed by atoms with Gasteiger partial charge in [0.25, 0.3) is 0 Å². The molecule has 1 aromatic carbocycles. The Balaban J connectivity index is 1.42. The maximum atomic E-state index is 5.86. The number of aryl methyl sites for hydroxylation is 5. The van der Waals surface area contributed by atoms with Gasteiger partial charge in [0.2, 0.25) is 5.89 Å². The van der Waals surface area contributed by atoms with Gasteiger partial charge >= 0.3 is 0 Å². The third-order valence-electron chi connectivity index (χ3n) is 4.18. The fraction of sp³-hybridized carbons (Fsp3) is 0.421. The van der Waals surface area contributed by atoms with Crippen molar-refractivity contribution >= 4 is 0 Å². The molecule has 0 spiro atoms. The zero-order valence-electron chi connectivity index (χ0n) is 15.0. The van der Waals surface area contributed by atoms with Crippen molar-refractivity contribution in [2.24, 2.45) is 0 Å². The number of hydrogen-bond donors (Lipinski definition) is 0. The molecule has 0 amide bonds. The summed E-state index contributed by atoms with van der Waals surface area (Å²) >= 11 is 0. The molecule has 0 unspecified atom stereocenters. The van der Waals surface area contributed by atoms with Crippen molar-refractivity contribution in [2.45, 2.75) is 46.6 Å². The van der Waals surface area contributed by atoms with E-state index in [2.05, 4.69) is 35.2 Å². The Morgan fingerprint density at radius 2 is 2.04 bits per heavy atom. The Hall–Kier alpha value is -2.63. The van der Waals surface area contributed by atoms with Crippen molar-refractivity contribution in [1.29, 1.82) is 0 Å². The molecular formula is C19H24N4O2. The molecule has 25 heavy (non-hydrogen) atoms. The SMILES string of the molecule is Cc1cnn(CCc2nc(CCCOc3cccc(C)c3C)no2)c1. The van der Waals surface area contributed by atoms with E-state index in [1.165, 1.54) is 11.1 Å². The fourth-order valence-corrected chi connectivity index (χ4v) is 2.59. The quantitative estimate of drug-likeness (QED) is 0.588. The zero-order valence-corrected chi connectivity index (χ0v) is 15.0. The van der Waals surface area contributed by atoms with E-state index in [9.17, 15) is 0 Å². The second kappa shape index (κ2) is 7.96. The number of ether oxygens (including phenoxy) is 1. The molecular weight excluding hydrogens is 316 g/mol. The maximum Gasteiger partial charge on any atom is 0.228 e. The van der Waals surface area contributed by atoms with Crippen LogP contribution < -0.4 is 4.74 Å². The van der Waals surface area contributed by atoms with E-state index in [4.69, 9.17) is 9.26 Å². The predicted octanol–water partition coefficient (Wildman–Crippen LogP) is 3.45. The van der Waals surface area contributed by atoms with E-state index in [0.717, 1.165) is 36.5 Å². The first-order chi connectivity index (χ1) is 12.1. The summed E-state index contributed by atoms with van der Waals surface area (Å²) in [5.41, 5.74) is 3.58. The highest BCUT2D eigenvalue weighted by molar-refractivity contribution is 5.38. The second-order valence-corrected chi connectivity index (χ2v) is 6.29. The van der Waals surface area contributed by atoms with E-state index in [1.807, 2.05) is 36.1 Å². The summed E-state index contributed by atoms with van der Waals surface area (Å²) < 4.78 is 13.0. The summed E-state index contributed by atoms with van der Waals surface area (Å²) in [5.74, 6) is 2.33. The third-order valence-corrected chi connectivity index (χ3v) is 4.18. The normalized spacial score (nSPS) is 11.0. The van der Waals surface area contributed by atoms with Crippen molar-refractivity contribution in [3.63, 3.8) is 0 Å². The van der Waals surface area contributed by atoms with Crippen molar-refractivity contribution in [3.8, 4) is 5.75 Å². The smallest absolute Gasteiger partial charge is 0.228 e. The molecule has 6 nitrogen and oxygen atoms in total. The highest BCUT2D eigenvalue weighted by Crippen LogP contribution is 2.20. The van der Waals surface area contributed by atoms with Gasteiger partial charge in [-0.05, 0) is 49.9 Å². The van der Waals surface area contributed by atoms with Crippen LogP contribution >= 0.6 is 0 Å². The first kappa shape index (κ1) is 17.2. The van der Waals surface area contributed by atoms with Crippen molar-refractivity contribution in [3.05, 3.63) is 59.0 Å². The van der Waals surface area contributed by atoms with Crippen LogP contribution in [0.1, 0.15) is 34.8 Å². The molecule has 6 heteroatoms. The zero-order chi connectivity index (χ0) is 17.6. The van der Waals surface area contributed by atoms with Crippen LogP contribution in [0.3, 0.4) is 0 Å². The minimum Gasteiger partial charge on any atom is -0.493 e. The van der Waals surface area contributed by atoms with Gasteiger partial charge in [-0.15, -0.1) is 0 Å². The molecule has 2 heterocycles. The summed E-state index contributed by atoms with van der Waals surface area (Å²) in [5, 5.41) is 8.29. The van der Waals surface area contributed by atoms with Gasteiger partial charge in [0, 0.05) is 25.6 Å². The molecule has 0 aliphatic heterocycles. The van der Waals surface area contributed by atoms with E-state index in [-0.39, 0.29) is 0 Å². The van der Waals surface area contributed by atoms with E-state index in [0.29, 0.717) is 18.9 Å². The van der Waals surface area contributed by atoms with Gasteiger partial charge in [0.05, 0.1) is 12.8 Å². The molecule has 0 saturated heterocycles. The maximum absolute atomic E-state index is 5.86. The van der Waals surface area contributed by atoms with Crippen LogP contribution in [-0.4, -0.2) is 26.5 Å². The lowest BCUT2D eigenvalue weighted by Crippen LogP contribution is -2.03. The minimum atomic E-state index is 0.640. The van der Waals surface area contributed by atoms with Crippen molar-refractivity contribution in [2.75, 3.05) is 6.61 Å². The molecule has 132 valence electrons. The van der Waals surface area contributed by atoms with Gasteiger partial charge in [0.15, 0.2) is 5.82 Å². The second-order valence-electron chi connectivity index (χ2n) is 6.29. The lowest BCUT2D eigenvalue weighted by atomic mass is 10.1. The molecule has 0 saturated carbocycles. The van der Waals surface area contributed by atoms with Crippen LogP contribution in [0.25, 0.3) is 0 Å². The molecule has 0 bridgehead atoms. The summed E-state index contributed by atoms with van der Waals surface area (Å²) in [6.45, 7) is 7.57. The number of aromatic nitrogens is 4. The molecule has 0 fully saturated rings. The average Bonchev–Trinajstić information content (AvgIpc) is 3.22. The monoisotopic (exact) mass is 340 g/mol. The predicted molar refractivity (Wildman–Crippen MR) is 94.7 cm³/mol. The van der Waals surface area contributed by atoms with Crippen LogP contribution in [0.2, 0.25) is 0 Å². The minimum absolute atomic E-state index is 0.640. The lowest BCUT2D eigenvalue weighted by Gasteiger charge is -2.10. The number of hydrogen-bond acceptors (Lipinski definition) is 5. The van der Waals surface area contributed by atoms with E-state index < -0.39 is 0 Å². The van der Waals surface area contributed by atoms with E-state index >= 15 is 0 Å². The van der Waals surface area contributed by atoms with Crippen LogP contribution in [0.15, 0.2) is 35.1 Å². The molecule has 0 aliphatic rings. The molecule has 3 rings (SSSR count). The van der Waals surface area contributed by atoms with Gasteiger partial charge in [0.1, 0.15) is 5.75 Å². The fourth-order valence-electron chi connectivity index (χ4n) is 2.59. The number of benzene rings is 1. The van der Waals surface area contributed by atoms with Gasteiger partial charge in [-0.3, -0.25) is 4.68 Å². The summed E-state index contributed by atoms with van der Waals surface area (Å²) in [4.78, 5) is 4.43. The Morgan fingerprint density at radius 3 is 2.84 bits per heavy atom. The molecule has 2 aromatic heterocycles. The number of rotatable bonds is 8.